The summed E-state index contributed by atoms with van der Waals surface area (Å²) < 4.78 is 5.08. The third-order valence-corrected chi connectivity index (χ3v) is 2.99. The van der Waals surface area contributed by atoms with Crippen LogP contribution in [0.4, 0.5) is 17.1 Å². The van der Waals surface area contributed by atoms with Crippen molar-refractivity contribution in [3.8, 4) is 5.75 Å². The maximum absolute atomic E-state index is 12.2. The molecule has 0 aliphatic heterocycles. The van der Waals surface area contributed by atoms with Gasteiger partial charge in [-0.25, -0.2) is 0 Å². The van der Waals surface area contributed by atoms with Gasteiger partial charge in [-0.15, -0.1) is 0 Å². The zero-order valence-corrected chi connectivity index (χ0v) is 11.9. The van der Waals surface area contributed by atoms with Gasteiger partial charge in [0.1, 0.15) is 5.75 Å². The van der Waals surface area contributed by atoms with E-state index < -0.39 is 27.1 Å². The summed E-state index contributed by atoms with van der Waals surface area (Å²) >= 11 is 0. The van der Waals surface area contributed by atoms with E-state index >= 15 is 0 Å². The molecule has 0 radical (unpaired) electrons. The van der Waals surface area contributed by atoms with E-state index in [1.807, 2.05) is 0 Å². The highest BCUT2D eigenvalue weighted by Gasteiger charge is 2.25. The summed E-state index contributed by atoms with van der Waals surface area (Å²) in [6.07, 6.45) is 0. The van der Waals surface area contributed by atoms with E-state index in [9.17, 15) is 25.0 Å². The van der Waals surface area contributed by atoms with Gasteiger partial charge in [-0.2, -0.15) is 0 Å². The standard InChI is InChI=1S/C14H11N3O6/c1-23-13-5-3-2-4-10(13)15-14(18)9-6-7-11(16(19)20)12(8-9)17(21)22/h2-8H,1H3,(H,15,18). The molecule has 9 nitrogen and oxygen atoms in total. The van der Waals surface area contributed by atoms with Crippen LogP contribution in [0.25, 0.3) is 0 Å². The van der Waals surface area contributed by atoms with Crippen LogP contribution in [0, 0.1) is 20.2 Å². The normalized spacial score (nSPS) is 9.96. The number of carbonyl (C=O) groups excluding carboxylic acids is 1. The number of nitro benzene ring substituents is 2. The third kappa shape index (κ3) is 3.40. The number of anilines is 1. The summed E-state index contributed by atoms with van der Waals surface area (Å²) in [5.41, 5.74) is -1.12. The van der Waals surface area contributed by atoms with Crippen molar-refractivity contribution in [2.24, 2.45) is 0 Å². The van der Waals surface area contributed by atoms with Gasteiger partial charge < -0.3 is 10.1 Å². The molecule has 9 heteroatoms. The molecule has 0 aromatic heterocycles. The Hall–Kier alpha value is -3.49. The number of nitrogens with one attached hydrogen (secondary N) is 1. The Morgan fingerprint density at radius 2 is 1.70 bits per heavy atom. The fourth-order valence-corrected chi connectivity index (χ4v) is 1.91. The highest BCUT2D eigenvalue weighted by atomic mass is 16.6. The SMILES string of the molecule is COc1ccccc1NC(=O)c1ccc([N+](=O)[O-])c([N+](=O)[O-])c1. The summed E-state index contributed by atoms with van der Waals surface area (Å²) in [7, 11) is 1.43. The molecule has 23 heavy (non-hydrogen) atoms. The number of hydrogen-bond acceptors (Lipinski definition) is 6. The van der Waals surface area contributed by atoms with Crippen LogP contribution >= 0.6 is 0 Å². The monoisotopic (exact) mass is 317 g/mol. The molecule has 118 valence electrons. The van der Waals surface area contributed by atoms with Gasteiger partial charge in [0.2, 0.25) is 0 Å². The van der Waals surface area contributed by atoms with Gasteiger partial charge >= 0.3 is 11.4 Å². The fourth-order valence-electron chi connectivity index (χ4n) is 1.91. The van der Waals surface area contributed by atoms with E-state index in [4.69, 9.17) is 4.74 Å². The smallest absolute Gasteiger partial charge is 0.346 e. The second kappa shape index (κ2) is 6.52. The van der Waals surface area contributed by atoms with E-state index in [1.165, 1.54) is 7.11 Å². The quantitative estimate of drug-likeness (QED) is 0.667. The summed E-state index contributed by atoms with van der Waals surface area (Å²) in [6.45, 7) is 0. The summed E-state index contributed by atoms with van der Waals surface area (Å²) in [4.78, 5) is 32.1. The predicted molar refractivity (Wildman–Crippen MR) is 80.7 cm³/mol. The summed E-state index contributed by atoms with van der Waals surface area (Å²) in [6, 6.07) is 9.56. The summed E-state index contributed by atoms with van der Waals surface area (Å²) in [5, 5.41) is 24.2. The fraction of sp³-hybridized carbons (Fsp3) is 0.0714. The molecule has 0 aliphatic carbocycles. The molecule has 0 spiro atoms. The number of carbonyl (C=O) groups is 1. The Morgan fingerprint density at radius 1 is 1.04 bits per heavy atom. The van der Waals surface area contributed by atoms with Crippen molar-refractivity contribution in [3.05, 3.63) is 68.3 Å². The number of rotatable bonds is 5. The number of nitrogens with zero attached hydrogens (tertiary/aromatic N) is 2. The topological polar surface area (TPSA) is 125 Å². The number of hydrogen-bond donors (Lipinski definition) is 1. The molecule has 0 fully saturated rings. The van der Waals surface area contributed by atoms with Crippen molar-refractivity contribution < 1.29 is 19.4 Å². The Labute approximate surface area is 129 Å². The molecule has 2 aromatic rings. The molecule has 0 atom stereocenters. The number of nitro groups is 2. The van der Waals surface area contributed by atoms with Gasteiger partial charge in [-0.1, -0.05) is 12.1 Å². The lowest BCUT2D eigenvalue weighted by Gasteiger charge is -2.09. The van der Waals surface area contributed by atoms with Crippen LogP contribution in [-0.2, 0) is 0 Å². The van der Waals surface area contributed by atoms with E-state index in [-0.39, 0.29) is 5.56 Å². The first-order chi connectivity index (χ1) is 10.9. The van der Waals surface area contributed by atoms with Crippen LogP contribution < -0.4 is 10.1 Å². The lowest BCUT2D eigenvalue weighted by Crippen LogP contribution is -2.13. The first kappa shape index (κ1) is 15.9. The van der Waals surface area contributed by atoms with Crippen LogP contribution in [0.5, 0.6) is 5.75 Å². The molecular formula is C14H11N3O6. The lowest BCUT2D eigenvalue weighted by atomic mass is 10.1. The van der Waals surface area contributed by atoms with E-state index in [0.717, 1.165) is 18.2 Å². The highest BCUT2D eigenvalue weighted by Crippen LogP contribution is 2.29. The van der Waals surface area contributed by atoms with Crippen LogP contribution in [-0.4, -0.2) is 22.9 Å². The number of amides is 1. The Bertz CT molecular complexity index is 790. The largest absolute Gasteiger partial charge is 0.495 e. The third-order valence-electron chi connectivity index (χ3n) is 2.99. The van der Waals surface area contributed by atoms with Crippen molar-refractivity contribution in [2.75, 3.05) is 12.4 Å². The van der Waals surface area contributed by atoms with Crippen molar-refractivity contribution >= 4 is 23.0 Å². The second-order valence-corrected chi connectivity index (χ2v) is 4.37. The lowest BCUT2D eigenvalue weighted by molar-refractivity contribution is -0.422. The van der Waals surface area contributed by atoms with Crippen molar-refractivity contribution in [1.29, 1.82) is 0 Å². The first-order valence-electron chi connectivity index (χ1n) is 6.31. The Balaban J connectivity index is 2.35. The van der Waals surface area contributed by atoms with Crippen molar-refractivity contribution in [3.63, 3.8) is 0 Å². The average Bonchev–Trinajstić information content (AvgIpc) is 2.54. The van der Waals surface area contributed by atoms with Gasteiger partial charge in [-0.05, 0) is 18.2 Å². The molecule has 0 heterocycles. The van der Waals surface area contributed by atoms with Crippen LogP contribution in [0.1, 0.15) is 10.4 Å². The zero-order valence-electron chi connectivity index (χ0n) is 11.9. The molecule has 0 bridgehead atoms. The van der Waals surface area contributed by atoms with E-state index in [2.05, 4.69) is 5.32 Å². The Morgan fingerprint density at radius 3 is 2.30 bits per heavy atom. The number of para-hydroxylation sites is 2. The molecule has 2 aromatic carbocycles. The highest BCUT2D eigenvalue weighted by molar-refractivity contribution is 6.05. The van der Waals surface area contributed by atoms with Gasteiger partial charge in [0, 0.05) is 17.7 Å². The predicted octanol–water partition coefficient (Wildman–Crippen LogP) is 2.76. The molecule has 1 amide bonds. The molecular weight excluding hydrogens is 306 g/mol. The molecule has 1 N–H and O–H groups in total. The van der Waals surface area contributed by atoms with Crippen LogP contribution in [0.2, 0.25) is 0 Å². The molecule has 0 unspecified atom stereocenters. The Kier molecular flexibility index (Phi) is 4.50. The van der Waals surface area contributed by atoms with Crippen molar-refractivity contribution in [2.45, 2.75) is 0 Å². The molecule has 2 rings (SSSR count). The first-order valence-corrected chi connectivity index (χ1v) is 6.31. The maximum atomic E-state index is 12.2. The molecule has 0 saturated carbocycles. The number of ether oxygens (including phenoxy) is 1. The second-order valence-electron chi connectivity index (χ2n) is 4.37. The average molecular weight is 317 g/mol. The molecule has 0 saturated heterocycles. The van der Waals surface area contributed by atoms with E-state index in [0.29, 0.717) is 11.4 Å². The van der Waals surface area contributed by atoms with Gasteiger partial charge in [0.25, 0.3) is 5.91 Å². The summed E-state index contributed by atoms with van der Waals surface area (Å²) in [5.74, 6) is -0.232. The minimum absolute atomic E-state index is 0.0757. The minimum Gasteiger partial charge on any atom is -0.495 e. The number of benzene rings is 2. The maximum Gasteiger partial charge on any atom is 0.346 e. The molecule has 0 aliphatic rings. The van der Waals surface area contributed by atoms with Gasteiger partial charge in [0.15, 0.2) is 0 Å². The van der Waals surface area contributed by atoms with Gasteiger partial charge in [-0.3, -0.25) is 25.0 Å². The number of methoxy groups -OCH3 is 1. The van der Waals surface area contributed by atoms with E-state index in [1.54, 1.807) is 24.3 Å². The van der Waals surface area contributed by atoms with Crippen LogP contribution in [0.15, 0.2) is 42.5 Å². The van der Waals surface area contributed by atoms with Crippen molar-refractivity contribution in [1.82, 2.24) is 0 Å². The van der Waals surface area contributed by atoms with Crippen LogP contribution in [0.3, 0.4) is 0 Å². The zero-order chi connectivity index (χ0) is 17.0. The van der Waals surface area contributed by atoms with Gasteiger partial charge in [0.05, 0.1) is 22.6 Å². The minimum atomic E-state index is -0.905.